The fraction of sp³-hybridized carbons (Fsp3) is 0.727. The number of aliphatic imine (C=N–C) groups is 2. The molecule has 0 radical (unpaired) electrons. The van der Waals surface area contributed by atoms with Crippen molar-refractivity contribution in [2.45, 2.75) is 160 Å². The van der Waals surface area contributed by atoms with Crippen LogP contribution in [0, 0.1) is 5.92 Å². The molecule has 3 fully saturated rings. The van der Waals surface area contributed by atoms with Crippen LogP contribution in [0.25, 0.3) is 0 Å². The fourth-order valence-corrected chi connectivity index (χ4v) is 8.59. The van der Waals surface area contributed by atoms with Crippen LogP contribution in [-0.2, 0) is 47.9 Å². The van der Waals surface area contributed by atoms with Crippen LogP contribution < -0.4 is 60.6 Å². The molecule has 27 nitrogen and oxygen atoms in total. The lowest BCUT2D eigenvalue weighted by Crippen LogP contribution is -2.58. The summed E-state index contributed by atoms with van der Waals surface area (Å²) in [6.07, 6.45) is 3.11. The zero-order valence-corrected chi connectivity index (χ0v) is 41.4. The maximum Gasteiger partial charge on any atom is 0.325 e. The van der Waals surface area contributed by atoms with Crippen molar-refractivity contribution in [2.75, 3.05) is 39.3 Å². The number of aliphatic carboxylic acids is 1. The van der Waals surface area contributed by atoms with Gasteiger partial charge in [0.05, 0.1) is 12.6 Å². The number of amides is 9. The minimum Gasteiger partial charge on any atom is -0.480 e. The van der Waals surface area contributed by atoms with Gasteiger partial charge in [-0.3, -0.25) is 57.9 Å². The predicted octanol–water partition coefficient (Wildman–Crippen LogP) is -4.88. The first-order valence-electron chi connectivity index (χ1n) is 24.2. The summed E-state index contributed by atoms with van der Waals surface area (Å²) in [5.41, 5.74) is 27.4. The molecular weight excluding hydrogens is 929 g/mol. The lowest BCUT2D eigenvalue weighted by Gasteiger charge is -2.32. The highest BCUT2D eigenvalue weighted by Gasteiger charge is 2.44. The van der Waals surface area contributed by atoms with E-state index in [4.69, 9.17) is 28.7 Å². The summed E-state index contributed by atoms with van der Waals surface area (Å²) in [5.74, 6) is -7.17. The third-order valence-corrected chi connectivity index (χ3v) is 12.3. The molecule has 0 aliphatic carbocycles. The third kappa shape index (κ3) is 18.2. The van der Waals surface area contributed by atoms with E-state index >= 15 is 0 Å². The second-order valence-electron chi connectivity index (χ2n) is 18.6. The number of nitrogens with zero attached hydrogens (tertiary/aromatic N) is 5. The largest absolute Gasteiger partial charge is 0.480 e. The second kappa shape index (κ2) is 28.1. The van der Waals surface area contributed by atoms with E-state index in [0.717, 1.165) is 0 Å². The highest BCUT2D eigenvalue weighted by Crippen LogP contribution is 2.26. The smallest absolute Gasteiger partial charge is 0.325 e. The predicted molar refractivity (Wildman–Crippen MR) is 259 cm³/mol. The molecule has 3 aliphatic heterocycles. The molecule has 17 N–H and O–H groups in total. The molecule has 0 bridgehead atoms. The number of hydrogen-bond donors (Lipinski definition) is 12. The molecule has 0 aromatic rings. The van der Waals surface area contributed by atoms with Gasteiger partial charge >= 0.3 is 5.97 Å². The van der Waals surface area contributed by atoms with Crippen molar-refractivity contribution < 1.29 is 53.1 Å². The van der Waals surface area contributed by atoms with Gasteiger partial charge in [0.25, 0.3) is 0 Å². The Morgan fingerprint density at radius 2 is 1.04 bits per heavy atom. The second-order valence-corrected chi connectivity index (χ2v) is 18.6. The van der Waals surface area contributed by atoms with Crippen LogP contribution in [0.5, 0.6) is 0 Å². The maximum absolute atomic E-state index is 14.2. The Kier molecular flexibility index (Phi) is 23.2. The van der Waals surface area contributed by atoms with Crippen molar-refractivity contribution in [3.8, 4) is 0 Å². The molecule has 0 aromatic heterocycles. The fourth-order valence-electron chi connectivity index (χ4n) is 8.59. The van der Waals surface area contributed by atoms with E-state index in [0.29, 0.717) is 32.1 Å². The van der Waals surface area contributed by atoms with Gasteiger partial charge < -0.3 is 80.4 Å². The normalized spacial score (nSPS) is 20.0. The molecule has 3 heterocycles. The van der Waals surface area contributed by atoms with Gasteiger partial charge in [0, 0.05) is 32.7 Å². The Bertz CT molecular complexity index is 1990. The number of carbonyl (C=O) groups is 10. The highest BCUT2D eigenvalue weighted by atomic mass is 16.4. The number of hydrogen-bond acceptors (Lipinski definition) is 13. The Morgan fingerprint density at radius 1 is 0.577 bits per heavy atom. The molecule has 3 rings (SSSR count). The zero-order valence-electron chi connectivity index (χ0n) is 41.4. The summed E-state index contributed by atoms with van der Waals surface area (Å²) in [6.45, 7) is 8.25. The molecule has 0 saturated carbocycles. The summed E-state index contributed by atoms with van der Waals surface area (Å²) in [7, 11) is 0. The van der Waals surface area contributed by atoms with E-state index in [-0.39, 0.29) is 89.1 Å². The number of nitrogens with two attached hydrogens (primary N) is 5. The monoisotopic (exact) mass is 1000 g/mol. The Morgan fingerprint density at radius 3 is 1.58 bits per heavy atom. The first-order valence-corrected chi connectivity index (χ1v) is 24.2. The van der Waals surface area contributed by atoms with Crippen LogP contribution in [0.15, 0.2) is 9.98 Å². The molecule has 3 saturated heterocycles. The summed E-state index contributed by atoms with van der Waals surface area (Å²) >= 11 is 0. The molecule has 0 spiro atoms. The van der Waals surface area contributed by atoms with Gasteiger partial charge in [0.2, 0.25) is 53.2 Å². The molecule has 0 unspecified atom stereocenters. The summed E-state index contributed by atoms with van der Waals surface area (Å²) in [6, 6.07) is -9.56. The summed E-state index contributed by atoms with van der Waals surface area (Å²) in [5, 5.41) is 24.9. The molecule has 398 valence electrons. The lowest BCUT2D eigenvalue weighted by atomic mass is 10.0. The molecule has 0 aromatic carbocycles. The molecule has 27 heteroatoms. The number of carboxylic acids is 1. The Labute approximate surface area is 413 Å². The first-order chi connectivity index (χ1) is 33.4. The van der Waals surface area contributed by atoms with E-state index in [9.17, 15) is 53.1 Å². The van der Waals surface area contributed by atoms with Crippen molar-refractivity contribution in [2.24, 2.45) is 44.6 Å². The standard InChI is InChI=1S/C44H76N16O11/c1-23(2)21-29(37(65)54-26(5)42(70)71)57-36(64)28(12-7-17-51-44(48)49)56-39(67)31-14-9-20-60(31)41(69)32-15-10-18-58(32)33(61)22-52-38(66)30-13-8-19-59(30)40(68)25(4)53-35(63)27(55-34(62)24(3)45)11-6-16-50-43(46)47/h23-32H,6-22,45H2,1-5H3,(H,52,66)(H,53,63)(H,54,65)(H,55,62)(H,56,67)(H,57,64)(H,70,71)(H4,46,47,50)(H4,48,49,51)/t24-,25-,26-,27-,28-,29-,30-,31-,32-/m0/s1. The highest BCUT2D eigenvalue weighted by molar-refractivity contribution is 5.98. The van der Waals surface area contributed by atoms with Gasteiger partial charge in [-0.25, -0.2) is 0 Å². The molecule has 3 aliphatic rings. The summed E-state index contributed by atoms with van der Waals surface area (Å²) < 4.78 is 0. The van der Waals surface area contributed by atoms with Gasteiger partial charge in [-0.05, 0) is 97.3 Å². The van der Waals surface area contributed by atoms with Crippen molar-refractivity contribution in [3.05, 3.63) is 0 Å². The minimum atomic E-state index is -1.27. The van der Waals surface area contributed by atoms with Crippen LogP contribution in [0.2, 0.25) is 0 Å². The van der Waals surface area contributed by atoms with E-state index in [2.05, 4.69) is 41.9 Å². The third-order valence-electron chi connectivity index (χ3n) is 12.3. The van der Waals surface area contributed by atoms with Crippen molar-refractivity contribution in [1.82, 2.24) is 46.6 Å². The average Bonchev–Trinajstić information content (AvgIpc) is 4.11. The number of rotatable bonds is 26. The van der Waals surface area contributed by atoms with Gasteiger partial charge in [0.1, 0.15) is 48.3 Å². The van der Waals surface area contributed by atoms with E-state index in [1.54, 1.807) is 0 Å². The van der Waals surface area contributed by atoms with Crippen molar-refractivity contribution in [3.63, 3.8) is 0 Å². The van der Waals surface area contributed by atoms with E-state index < -0.39 is 120 Å². The number of guanidine groups is 2. The van der Waals surface area contributed by atoms with Crippen molar-refractivity contribution in [1.29, 1.82) is 0 Å². The van der Waals surface area contributed by atoms with E-state index in [1.165, 1.54) is 35.5 Å². The molecular formula is C44H76N16O11. The van der Waals surface area contributed by atoms with Crippen LogP contribution in [0.3, 0.4) is 0 Å². The number of likely N-dealkylation sites (tertiary alicyclic amines) is 3. The Hall–Kier alpha value is -6.80. The van der Waals surface area contributed by atoms with Crippen LogP contribution >= 0.6 is 0 Å². The first kappa shape index (κ1) is 58.5. The van der Waals surface area contributed by atoms with E-state index in [1.807, 2.05) is 13.8 Å². The number of nitrogens with one attached hydrogen (secondary N) is 6. The van der Waals surface area contributed by atoms with Crippen molar-refractivity contribution >= 4 is 71.1 Å². The van der Waals surface area contributed by atoms with Crippen LogP contribution in [0.4, 0.5) is 0 Å². The van der Waals surface area contributed by atoms with Crippen LogP contribution in [0.1, 0.15) is 105 Å². The number of carboxylic acid groups (broad SMARTS) is 1. The average molecular weight is 1010 g/mol. The lowest BCUT2D eigenvalue weighted by molar-refractivity contribution is -0.147. The quantitative estimate of drug-likeness (QED) is 0.0220. The SMILES string of the molecule is CC(C)C[C@H](NC(=O)[C@H](CCCN=C(N)N)NC(=O)[C@@H]1CCCN1C(=O)[C@@H]1CCCN1C(=O)CNC(=O)[C@@H]1CCCN1C(=O)[C@H](C)NC(=O)[C@H](CCCN=C(N)N)NC(=O)[C@H](C)N)C(=O)N[C@@H](C)C(=O)O. The van der Waals surface area contributed by atoms with Gasteiger partial charge in [-0.1, -0.05) is 13.8 Å². The molecule has 71 heavy (non-hydrogen) atoms. The summed E-state index contributed by atoms with van der Waals surface area (Å²) in [4.78, 5) is 145. The van der Waals surface area contributed by atoms with Gasteiger partial charge in [0.15, 0.2) is 11.9 Å². The minimum absolute atomic E-state index is 0.0373. The van der Waals surface area contributed by atoms with Crippen LogP contribution in [-0.4, -0.2) is 185 Å². The zero-order chi connectivity index (χ0) is 53.1. The maximum atomic E-state index is 14.2. The van der Waals surface area contributed by atoms with Gasteiger partial charge in [-0.2, -0.15) is 0 Å². The Balaban J connectivity index is 1.66. The molecule has 9 atom stereocenters. The topological polar surface area (TPSA) is 428 Å². The number of carbonyl (C=O) groups excluding carboxylic acids is 9. The van der Waals surface area contributed by atoms with Gasteiger partial charge in [-0.15, -0.1) is 0 Å². The molecule has 9 amide bonds.